The molecule has 2 aliphatic rings. The molecule has 5 rings (SSSR count). The lowest BCUT2D eigenvalue weighted by molar-refractivity contribution is -0.277. The zero-order chi connectivity index (χ0) is 35.2. The van der Waals surface area contributed by atoms with Crippen LogP contribution in [0.1, 0.15) is 28.3 Å². The third kappa shape index (κ3) is 7.87. The van der Waals surface area contributed by atoms with E-state index in [2.05, 4.69) is 10.6 Å². The highest BCUT2D eigenvalue weighted by Crippen LogP contribution is 2.34. The van der Waals surface area contributed by atoms with E-state index in [0.717, 1.165) is 11.1 Å². The van der Waals surface area contributed by atoms with Gasteiger partial charge in [0, 0.05) is 29.9 Å². The molecule has 3 aromatic rings. The summed E-state index contributed by atoms with van der Waals surface area (Å²) in [7, 11) is 3.10. The minimum Gasteiger partial charge on any atom is -0.493 e. The Morgan fingerprint density at radius 1 is 0.980 bits per heavy atom. The van der Waals surface area contributed by atoms with Crippen LogP contribution in [0.25, 0.3) is 0 Å². The Labute approximate surface area is 282 Å². The first-order valence-corrected chi connectivity index (χ1v) is 15.6. The van der Waals surface area contributed by atoms with Gasteiger partial charge in [-0.15, -0.1) is 0 Å². The second-order valence-corrected chi connectivity index (χ2v) is 11.7. The first-order chi connectivity index (χ1) is 23.5. The predicted octanol–water partition coefficient (Wildman–Crippen LogP) is 0.0209. The number of benzene rings is 3. The molecule has 2 heterocycles. The Bertz CT molecular complexity index is 1670. The number of ether oxygens (including phenoxy) is 4. The van der Waals surface area contributed by atoms with Crippen molar-refractivity contribution in [3.8, 4) is 17.2 Å². The molecule has 0 aromatic heterocycles. The number of fused-ring (bicyclic) bond motifs is 1. The largest absolute Gasteiger partial charge is 0.493 e. The summed E-state index contributed by atoms with van der Waals surface area (Å²) >= 11 is 0. The molecular weight excluding hydrogens is 638 g/mol. The van der Waals surface area contributed by atoms with E-state index in [1.807, 2.05) is 12.1 Å². The Hall–Kier alpha value is -4.93. The van der Waals surface area contributed by atoms with Gasteiger partial charge in [-0.1, -0.05) is 30.3 Å². The molecule has 262 valence electrons. The van der Waals surface area contributed by atoms with Crippen molar-refractivity contribution in [2.24, 2.45) is 5.73 Å². The van der Waals surface area contributed by atoms with Gasteiger partial charge >= 0.3 is 0 Å². The van der Waals surface area contributed by atoms with Crippen molar-refractivity contribution < 1.29 is 49.0 Å². The molecule has 49 heavy (non-hydrogen) atoms. The van der Waals surface area contributed by atoms with Gasteiger partial charge in [-0.3, -0.25) is 15.0 Å². The van der Waals surface area contributed by atoms with Gasteiger partial charge in [0.05, 0.1) is 27.4 Å². The van der Waals surface area contributed by atoms with E-state index in [4.69, 9.17) is 30.1 Å². The van der Waals surface area contributed by atoms with Crippen molar-refractivity contribution in [1.82, 2.24) is 10.2 Å². The zero-order valence-electron chi connectivity index (χ0n) is 27.0. The van der Waals surface area contributed by atoms with Gasteiger partial charge in [-0.25, -0.2) is 0 Å². The molecule has 1 saturated heterocycles. The van der Waals surface area contributed by atoms with E-state index < -0.39 is 49.3 Å². The highest BCUT2D eigenvalue weighted by molar-refractivity contribution is 5.96. The number of carbonyl (C=O) groups excluding carboxylic acids is 2. The van der Waals surface area contributed by atoms with Crippen molar-refractivity contribution in [2.75, 3.05) is 39.2 Å². The molecule has 0 radical (unpaired) electrons. The van der Waals surface area contributed by atoms with Crippen LogP contribution in [0.15, 0.2) is 60.7 Å². The lowest BCUT2D eigenvalue weighted by atomic mass is 9.98. The molecule has 0 spiro atoms. The number of hydrogen-bond acceptors (Lipinski definition) is 12. The van der Waals surface area contributed by atoms with Gasteiger partial charge < -0.3 is 60.6 Å². The smallest absolute Gasteiger partial charge is 0.247 e. The number of carbonyl (C=O) groups is 2. The number of rotatable bonds is 12. The third-order valence-corrected chi connectivity index (χ3v) is 8.55. The molecule has 9 N–H and O–H groups in total. The van der Waals surface area contributed by atoms with E-state index in [1.165, 1.54) is 6.07 Å². The van der Waals surface area contributed by atoms with Gasteiger partial charge in [-0.05, 0) is 47.9 Å². The lowest BCUT2D eigenvalue weighted by Crippen LogP contribution is -2.60. The molecular formula is C34H41N5O10. The van der Waals surface area contributed by atoms with Crippen LogP contribution in [0.4, 0.5) is 5.69 Å². The maximum Gasteiger partial charge on any atom is 0.247 e. The normalized spacial score (nSPS) is 22.3. The maximum atomic E-state index is 13.9. The number of nitrogens with zero attached hydrogens (tertiary/aromatic N) is 1. The Balaban J connectivity index is 1.37. The van der Waals surface area contributed by atoms with E-state index in [-0.39, 0.29) is 29.6 Å². The molecule has 0 saturated carbocycles. The van der Waals surface area contributed by atoms with Crippen molar-refractivity contribution in [1.29, 1.82) is 5.41 Å². The summed E-state index contributed by atoms with van der Waals surface area (Å²) in [6.07, 6.45) is -7.08. The zero-order valence-corrected chi connectivity index (χ0v) is 27.0. The molecule has 3 aromatic carbocycles. The molecule has 2 amide bonds. The van der Waals surface area contributed by atoms with Crippen LogP contribution < -0.4 is 30.6 Å². The Morgan fingerprint density at radius 3 is 2.39 bits per heavy atom. The number of aliphatic hydroxyl groups is 4. The fraction of sp³-hybridized carbons (Fsp3) is 0.382. The monoisotopic (exact) mass is 679 g/mol. The minimum absolute atomic E-state index is 0.0746. The van der Waals surface area contributed by atoms with Crippen LogP contribution >= 0.6 is 0 Å². The number of amides is 2. The third-order valence-electron chi connectivity index (χ3n) is 8.55. The van der Waals surface area contributed by atoms with Crippen LogP contribution in [0, 0.1) is 5.41 Å². The molecule has 2 aliphatic heterocycles. The van der Waals surface area contributed by atoms with Crippen molar-refractivity contribution in [3.05, 3.63) is 82.9 Å². The summed E-state index contributed by atoms with van der Waals surface area (Å²) in [5.41, 5.74) is 8.75. The highest BCUT2D eigenvalue weighted by atomic mass is 16.7. The van der Waals surface area contributed by atoms with Gasteiger partial charge in [-0.2, -0.15) is 0 Å². The summed E-state index contributed by atoms with van der Waals surface area (Å²) in [4.78, 5) is 28.9. The quantitative estimate of drug-likeness (QED) is 0.0936. The number of nitrogens with two attached hydrogens (primary N) is 1. The second-order valence-electron chi connectivity index (χ2n) is 11.7. The number of aliphatic hydroxyl groups excluding tert-OH is 4. The molecule has 15 heteroatoms. The standard InChI is InChI=1S/C34H41N5O10/c1-46-24-13-18-10-11-39(16-20(18)14-25(24)47-2)27(41)15-37-33(45)28(38-21-7-5-6-19(12-21)32(35)36)22-8-3-4-9-23(22)48-34-31(44)30(43)29(42)26(17-40)49-34/h3-9,12-14,26,28-31,34,38,40,42-44H,10-11,15-17H2,1-2H3,(H3,35,36)(H,37,45). The fourth-order valence-corrected chi connectivity index (χ4v) is 5.82. The van der Waals surface area contributed by atoms with E-state index >= 15 is 0 Å². The van der Waals surface area contributed by atoms with Crippen LogP contribution in [0.5, 0.6) is 17.2 Å². The van der Waals surface area contributed by atoms with Crippen LogP contribution in [-0.4, -0.2) is 108 Å². The number of nitrogen functional groups attached to an aromatic ring is 1. The summed E-state index contributed by atoms with van der Waals surface area (Å²) in [5, 5.41) is 54.4. The molecule has 15 nitrogen and oxygen atoms in total. The number of anilines is 1. The average Bonchev–Trinajstić information content (AvgIpc) is 3.12. The van der Waals surface area contributed by atoms with Crippen molar-refractivity contribution in [3.63, 3.8) is 0 Å². The summed E-state index contributed by atoms with van der Waals surface area (Å²) in [6.45, 7) is -0.209. The number of methoxy groups -OCH3 is 2. The highest BCUT2D eigenvalue weighted by Gasteiger charge is 2.45. The second kappa shape index (κ2) is 15.5. The first kappa shape index (κ1) is 35.4. The fourth-order valence-electron chi connectivity index (χ4n) is 5.82. The van der Waals surface area contributed by atoms with Gasteiger partial charge in [0.2, 0.25) is 18.1 Å². The van der Waals surface area contributed by atoms with Gasteiger partial charge in [0.1, 0.15) is 42.0 Å². The van der Waals surface area contributed by atoms with Crippen LogP contribution in [0.3, 0.4) is 0 Å². The van der Waals surface area contributed by atoms with E-state index in [9.17, 15) is 30.0 Å². The number of nitrogens with one attached hydrogen (secondary N) is 3. The van der Waals surface area contributed by atoms with E-state index in [1.54, 1.807) is 61.6 Å². The van der Waals surface area contributed by atoms with Crippen molar-refractivity contribution in [2.45, 2.75) is 49.7 Å². The summed E-state index contributed by atoms with van der Waals surface area (Å²) < 4.78 is 22.3. The topological polar surface area (TPSA) is 229 Å². The SMILES string of the molecule is COc1cc2c(cc1OC)CN(C(=O)CNC(=O)C(Nc1cccc(C(=N)N)c1)c1ccccc1OC1OC(CO)C(O)C(O)C1O)CC2. The van der Waals surface area contributed by atoms with Crippen molar-refractivity contribution >= 4 is 23.3 Å². The van der Waals surface area contributed by atoms with E-state index in [0.29, 0.717) is 42.3 Å². The maximum absolute atomic E-state index is 13.9. The number of para-hydroxylation sites is 1. The number of amidine groups is 1. The molecule has 6 atom stereocenters. The van der Waals surface area contributed by atoms with Crippen LogP contribution in [0.2, 0.25) is 0 Å². The molecule has 6 unspecified atom stereocenters. The lowest BCUT2D eigenvalue weighted by Gasteiger charge is -2.40. The summed E-state index contributed by atoms with van der Waals surface area (Å²) in [5.74, 6) is 0.145. The Kier molecular flexibility index (Phi) is 11.2. The first-order valence-electron chi connectivity index (χ1n) is 15.6. The van der Waals surface area contributed by atoms with Gasteiger partial charge in [0.25, 0.3) is 0 Å². The average molecular weight is 680 g/mol. The molecule has 0 bridgehead atoms. The predicted molar refractivity (Wildman–Crippen MR) is 176 cm³/mol. The minimum atomic E-state index is -1.69. The van der Waals surface area contributed by atoms with Gasteiger partial charge in [0.15, 0.2) is 11.5 Å². The summed E-state index contributed by atoms with van der Waals surface area (Å²) in [6, 6.07) is 15.5. The number of hydrogen-bond donors (Lipinski definition) is 8. The molecule has 1 fully saturated rings. The Morgan fingerprint density at radius 2 is 1.69 bits per heavy atom. The van der Waals surface area contributed by atoms with Crippen LogP contribution in [-0.2, 0) is 27.3 Å². The molecule has 0 aliphatic carbocycles.